The van der Waals surface area contributed by atoms with E-state index in [2.05, 4.69) is 56.7 Å². The number of nitrogen functional groups attached to an aromatic ring is 1. The molecule has 3 radical (unpaired) electrons. The SMILES string of the molecule is C=C1C[C@@H](CO[Si](C)(C)C(C)(C)C)N(C(=O)c2cc(OC)c(OC)cc2N)C1.C=C1C[C@H]2CN(COCCSSc3ccc([N+](=O)[O-])cc3)c3cc(OC)c(OC)cc3C(=O)N2C1.CC(C)(C)OC(=O)N1C[C@H](O)C[C@H]1CO.COC(=O)[C@@H]1C[C@@H](O)CN1C(=O)OC(C)(C)C.[B].[H-].[Li+]. The van der Waals surface area contributed by atoms with Gasteiger partial charge in [-0.05, 0) is 103 Å². The van der Waals surface area contributed by atoms with Gasteiger partial charge in [0.05, 0.1) is 121 Å². The van der Waals surface area contributed by atoms with Crippen LogP contribution in [0.2, 0.25) is 18.1 Å². The number of ether oxygens (including phenoxy) is 8. The molecule has 0 bridgehead atoms. The molecule has 3 aromatic carbocycles. The van der Waals surface area contributed by atoms with Crippen LogP contribution in [-0.2, 0) is 28.2 Å². The Bertz CT molecular complexity index is 3200. The van der Waals surface area contributed by atoms with Gasteiger partial charge in [-0.2, -0.15) is 0 Å². The van der Waals surface area contributed by atoms with Gasteiger partial charge in [0.25, 0.3) is 17.5 Å². The van der Waals surface area contributed by atoms with E-state index >= 15 is 0 Å². The normalized spacial score (nSPS) is 19.8. The molecule has 26 nitrogen and oxygen atoms in total. The molecule has 6 atom stereocenters. The second-order valence-corrected chi connectivity index (χ2v) is 34.3. The maximum absolute atomic E-state index is 13.4. The van der Waals surface area contributed by atoms with Crippen LogP contribution in [0.1, 0.15) is 110 Å². The zero-order chi connectivity index (χ0) is 71.1. The molecule has 4 saturated heterocycles. The van der Waals surface area contributed by atoms with E-state index < -0.39 is 60.8 Å². The Balaban J connectivity index is 0.000000465. The Morgan fingerprint density at radius 1 is 0.753 bits per heavy atom. The van der Waals surface area contributed by atoms with Crippen molar-refractivity contribution in [3.8, 4) is 23.0 Å². The fourth-order valence-electron chi connectivity index (χ4n) is 10.5. The number of carbonyl (C=O) groups is 5. The summed E-state index contributed by atoms with van der Waals surface area (Å²) >= 11 is 0. The summed E-state index contributed by atoms with van der Waals surface area (Å²) in [5, 5.41) is 38.8. The average Bonchev–Trinajstić information content (AvgIpc) is 1.63. The summed E-state index contributed by atoms with van der Waals surface area (Å²) in [5.41, 5.74) is 9.21. The number of nitro benzene ring substituents is 1. The minimum Gasteiger partial charge on any atom is -1.00 e. The maximum Gasteiger partial charge on any atom is 1.00 e. The van der Waals surface area contributed by atoms with Crippen LogP contribution in [0.5, 0.6) is 23.0 Å². The Morgan fingerprint density at radius 3 is 1.84 bits per heavy atom. The van der Waals surface area contributed by atoms with Crippen molar-refractivity contribution in [2.24, 2.45) is 0 Å². The van der Waals surface area contributed by atoms with Crippen molar-refractivity contribution in [2.45, 2.75) is 159 Å². The Labute approximate surface area is 595 Å². The minimum absolute atomic E-state index is 0. The zero-order valence-electron chi connectivity index (χ0n) is 60.4. The van der Waals surface area contributed by atoms with Crippen molar-refractivity contribution in [3.05, 3.63) is 94.1 Å². The van der Waals surface area contributed by atoms with E-state index in [4.69, 9.17) is 48.4 Å². The van der Waals surface area contributed by atoms with Crippen LogP contribution >= 0.6 is 21.6 Å². The van der Waals surface area contributed by atoms with Gasteiger partial charge in [0.15, 0.2) is 31.3 Å². The summed E-state index contributed by atoms with van der Waals surface area (Å²) < 4.78 is 48.8. The third-order valence-electron chi connectivity index (χ3n) is 16.3. The van der Waals surface area contributed by atoms with Crippen LogP contribution in [0.3, 0.4) is 0 Å². The Hall–Kier alpha value is -6.33. The first-order valence-corrected chi connectivity index (χ1v) is 36.4. The number of rotatable bonds is 18. The van der Waals surface area contributed by atoms with E-state index in [1.165, 1.54) is 43.3 Å². The molecule has 8 rings (SSSR count). The molecule has 5 aliphatic heterocycles. The van der Waals surface area contributed by atoms with Crippen LogP contribution in [0.25, 0.3) is 0 Å². The molecule has 5 N–H and O–H groups in total. The number of non-ortho nitro benzene ring substituents is 1. The molecule has 5 aliphatic rings. The number of benzene rings is 3. The topological polar surface area (TPSA) is 314 Å². The number of nitrogens with zero attached hydrogens (tertiary/aromatic N) is 6. The number of amides is 4. The average molecular weight is 1410 g/mol. The number of anilines is 2. The van der Waals surface area contributed by atoms with E-state index in [9.17, 15) is 44.3 Å². The number of aliphatic hydroxyl groups excluding tert-OH is 3. The fourth-order valence-corrected chi connectivity index (χ4v) is 13.4. The first-order chi connectivity index (χ1) is 44.4. The number of hydrogen-bond donors (Lipinski definition) is 4. The van der Waals surface area contributed by atoms with E-state index in [1.54, 1.807) is 108 Å². The van der Waals surface area contributed by atoms with E-state index in [-0.39, 0.29) is 95.5 Å². The van der Waals surface area contributed by atoms with Crippen molar-refractivity contribution in [2.75, 3.05) is 111 Å². The van der Waals surface area contributed by atoms with Gasteiger partial charge in [0, 0.05) is 75.1 Å². The first-order valence-electron chi connectivity index (χ1n) is 31.2. The van der Waals surface area contributed by atoms with E-state index in [1.807, 2.05) is 15.9 Å². The predicted molar refractivity (Wildman–Crippen MR) is 374 cm³/mol. The summed E-state index contributed by atoms with van der Waals surface area (Å²) in [6.07, 6.45) is -0.245. The predicted octanol–water partition coefficient (Wildman–Crippen LogP) is 6.31. The molecule has 0 spiro atoms. The van der Waals surface area contributed by atoms with Crippen LogP contribution < -0.4 is 48.4 Å². The van der Waals surface area contributed by atoms with E-state index in [0.717, 1.165) is 40.3 Å². The van der Waals surface area contributed by atoms with Gasteiger partial charge in [-0.1, -0.05) is 66.7 Å². The number of aliphatic hydroxyl groups is 3. The van der Waals surface area contributed by atoms with Gasteiger partial charge in [0.1, 0.15) is 24.0 Å². The van der Waals surface area contributed by atoms with Gasteiger partial charge in [-0.25, -0.2) is 14.4 Å². The quantitative estimate of drug-likeness (QED) is 0.0125. The smallest absolute Gasteiger partial charge is 1.00 e. The number of nitro groups is 1. The molecule has 4 fully saturated rings. The zero-order valence-corrected chi connectivity index (χ0v) is 62.1. The molecule has 31 heteroatoms. The van der Waals surface area contributed by atoms with Crippen molar-refractivity contribution in [1.29, 1.82) is 0 Å². The minimum atomic E-state index is -1.90. The summed E-state index contributed by atoms with van der Waals surface area (Å²) in [6, 6.07) is 12.2. The summed E-state index contributed by atoms with van der Waals surface area (Å²) in [4.78, 5) is 81.3. The Morgan fingerprint density at radius 2 is 1.29 bits per heavy atom. The van der Waals surface area contributed by atoms with Crippen molar-refractivity contribution < 1.29 is 107 Å². The third-order valence-corrected chi connectivity index (χ3v) is 23.2. The monoisotopic (exact) mass is 1400 g/mol. The number of hydrogen-bond acceptors (Lipinski definition) is 23. The molecular formula is C66H100BLiN7O19S2Si. The fraction of sp³-hybridized carbons (Fsp3) is 0.591. The number of fused-ring (bicyclic) bond motifs is 2. The number of β-amino-alcohol motifs (C(OH)–C–C–N with tert-alkyl or cyclic N) is 2. The summed E-state index contributed by atoms with van der Waals surface area (Å²) in [5.74, 6) is 2.07. The molecule has 5 heterocycles. The number of esters is 1. The molecule has 0 saturated carbocycles. The molecule has 0 aliphatic carbocycles. The molecule has 0 unspecified atom stereocenters. The summed E-state index contributed by atoms with van der Waals surface area (Å²) in [7, 11) is 8.72. The molecule has 97 heavy (non-hydrogen) atoms. The first kappa shape index (κ1) is 84.9. The van der Waals surface area contributed by atoms with Gasteiger partial charge in [0.2, 0.25) is 0 Å². The second-order valence-electron chi connectivity index (χ2n) is 27.0. The molecular weight excluding hydrogens is 1300 g/mol. The molecule has 3 aromatic rings. The summed E-state index contributed by atoms with van der Waals surface area (Å²) in [6.45, 7) is 33.1. The van der Waals surface area contributed by atoms with Crippen molar-refractivity contribution in [1.82, 2.24) is 19.6 Å². The molecule has 0 aromatic heterocycles. The van der Waals surface area contributed by atoms with E-state index in [0.29, 0.717) is 85.8 Å². The van der Waals surface area contributed by atoms with Crippen LogP contribution in [0.15, 0.2) is 77.7 Å². The number of nitrogens with two attached hydrogens (primary N) is 1. The van der Waals surface area contributed by atoms with Gasteiger partial charge in [-0.3, -0.25) is 24.6 Å². The maximum atomic E-state index is 13.4. The van der Waals surface area contributed by atoms with Crippen LogP contribution in [0.4, 0.5) is 26.7 Å². The second kappa shape index (κ2) is 37.2. The standard InChI is InChI=1S/C24H27N3O6S2.C21H34N2O4Si.C11H19NO5.C10H19NO4.B.Li.H/c1-16-10-18-14-25(15-33-8-9-34-35-19-6-4-17(5-7-19)27(29)30)21-12-23(32-3)22(31-2)11-20(21)24(28)26(18)13-16;1-14-9-15(13-27-28(7,8)21(2,3)4)23(12-14)20(24)16-10-18(25-5)19(26-6)11-17(16)22;1-11(2,3)17-10(15)12-6-7(13)5-8(12)9(14)16-4;1-10(2,3)15-9(14)11-5-8(13)4-7(11)6-12;;;/h4-7,11-12,18H,1,8-10,13-15H2,2-3H3;10-11,15H,1,9,12-13,22H2,2-8H3;7-8,13H,5-6H2,1-4H3;7-8,12-13H,4-6H2,1-3H3;;;/q;;;;;+1;-1/t18-;15-;2*7-,8+;;;/m0010.../s1. The van der Waals surface area contributed by atoms with Gasteiger partial charge < -0.3 is 84.4 Å². The van der Waals surface area contributed by atoms with Gasteiger partial charge >= 0.3 is 37.0 Å². The number of likely N-dealkylation sites (tertiary alicyclic amines) is 3. The number of carbonyl (C=O) groups excluding carboxylic acids is 5. The van der Waals surface area contributed by atoms with Gasteiger partial charge in [-0.15, -0.1) is 0 Å². The molecule has 533 valence electrons. The van der Waals surface area contributed by atoms with Crippen LogP contribution in [-0.4, -0.2) is 235 Å². The Kier molecular flexibility index (Phi) is 32.6. The van der Waals surface area contributed by atoms with Crippen LogP contribution in [0, 0.1) is 10.1 Å². The van der Waals surface area contributed by atoms with Crippen molar-refractivity contribution >= 4 is 85.4 Å². The molecule has 4 amide bonds. The largest absolute Gasteiger partial charge is 1.00 e. The third kappa shape index (κ3) is 23.9. The number of methoxy groups -OCH3 is 5. The van der Waals surface area contributed by atoms with Crippen molar-refractivity contribution in [3.63, 3.8) is 0 Å².